The van der Waals surface area contributed by atoms with Gasteiger partial charge in [-0.25, -0.2) is 0 Å². The lowest BCUT2D eigenvalue weighted by atomic mass is 9.82. The Balaban J connectivity index is 1.69. The van der Waals surface area contributed by atoms with E-state index in [9.17, 15) is 4.79 Å². The normalized spacial score (nSPS) is 33.5. The van der Waals surface area contributed by atoms with Gasteiger partial charge in [-0.2, -0.15) is 0 Å². The summed E-state index contributed by atoms with van der Waals surface area (Å²) in [5.41, 5.74) is 0. The van der Waals surface area contributed by atoms with E-state index in [-0.39, 0.29) is 12.1 Å². The molecule has 0 saturated heterocycles. The van der Waals surface area contributed by atoms with Crippen LogP contribution >= 0.6 is 0 Å². The quantitative estimate of drug-likeness (QED) is 0.592. The van der Waals surface area contributed by atoms with E-state index in [4.69, 9.17) is 10.2 Å². The smallest absolute Gasteiger partial charge is 0.320 e. The van der Waals surface area contributed by atoms with E-state index in [0.717, 1.165) is 32.2 Å². The summed E-state index contributed by atoms with van der Waals surface area (Å²) in [6, 6.07) is -0.354. The van der Waals surface area contributed by atoms with Crippen LogP contribution in [0.4, 0.5) is 0 Å². The van der Waals surface area contributed by atoms with Crippen molar-refractivity contribution in [1.82, 2.24) is 5.32 Å². The Morgan fingerprint density at radius 3 is 2.50 bits per heavy atom. The SMILES string of the molecule is O=C(O)C(NCC1CC(O)C1)C1CC1. The average molecular weight is 199 g/mol. The summed E-state index contributed by atoms with van der Waals surface area (Å²) >= 11 is 0. The Labute approximate surface area is 83.3 Å². The number of aliphatic hydroxyl groups is 1. The van der Waals surface area contributed by atoms with Crippen molar-refractivity contribution < 1.29 is 15.0 Å². The molecule has 0 spiro atoms. The number of aliphatic hydroxyl groups excluding tert-OH is 1. The lowest BCUT2D eigenvalue weighted by Crippen LogP contribution is -2.44. The van der Waals surface area contributed by atoms with Crippen LogP contribution in [0.25, 0.3) is 0 Å². The maximum Gasteiger partial charge on any atom is 0.320 e. The maximum atomic E-state index is 10.9. The molecule has 4 nitrogen and oxygen atoms in total. The molecular weight excluding hydrogens is 182 g/mol. The molecule has 2 aliphatic carbocycles. The molecule has 2 saturated carbocycles. The molecule has 14 heavy (non-hydrogen) atoms. The van der Waals surface area contributed by atoms with E-state index in [0.29, 0.717) is 11.8 Å². The number of carbonyl (C=O) groups is 1. The Morgan fingerprint density at radius 2 is 2.07 bits per heavy atom. The monoisotopic (exact) mass is 199 g/mol. The first-order valence-electron chi connectivity index (χ1n) is 5.31. The predicted molar refractivity (Wildman–Crippen MR) is 50.9 cm³/mol. The Morgan fingerprint density at radius 1 is 1.43 bits per heavy atom. The van der Waals surface area contributed by atoms with Crippen molar-refractivity contribution in [2.45, 2.75) is 37.8 Å². The minimum atomic E-state index is -0.729. The van der Waals surface area contributed by atoms with Gasteiger partial charge in [-0.15, -0.1) is 0 Å². The summed E-state index contributed by atoms with van der Waals surface area (Å²) < 4.78 is 0. The van der Waals surface area contributed by atoms with E-state index in [1.807, 2.05) is 0 Å². The van der Waals surface area contributed by atoms with E-state index in [1.54, 1.807) is 0 Å². The van der Waals surface area contributed by atoms with Gasteiger partial charge >= 0.3 is 5.97 Å². The highest BCUT2D eigenvalue weighted by atomic mass is 16.4. The third kappa shape index (κ3) is 2.25. The zero-order chi connectivity index (χ0) is 10.1. The summed E-state index contributed by atoms with van der Waals surface area (Å²) in [4.78, 5) is 10.9. The van der Waals surface area contributed by atoms with Gasteiger partial charge in [-0.1, -0.05) is 0 Å². The second-order valence-electron chi connectivity index (χ2n) is 4.55. The van der Waals surface area contributed by atoms with Crippen LogP contribution in [0.3, 0.4) is 0 Å². The Kier molecular flexibility index (Phi) is 2.74. The molecule has 4 heteroatoms. The molecule has 0 amide bonds. The number of hydrogen-bond donors (Lipinski definition) is 3. The van der Waals surface area contributed by atoms with Crippen molar-refractivity contribution in [3.8, 4) is 0 Å². The first-order valence-corrected chi connectivity index (χ1v) is 5.31. The highest BCUT2D eigenvalue weighted by Gasteiger charge is 2.37. The Bertz CT molecular complexity index is 221. The molecule has 1 atom stereocenters. The zero-order valence-corrected chi connectivity index (χ0v) is 8.15. The van der Waals surface area contributed by atoms with E-state index >= 15 is 0 Å². The molecule has 0 aliphatic heterocycles. The molecule has 3 N–H and O–H groups in total. The minimum Gasteiger partial charge on any atom is -0.480 e. The van der Waals surface area contributed by atoms with Gasteiger partial charge in [0.2, 0.25) is 0 Å². The minimum absolute atomic E-state index is 0.147. The summed E-state index contributed by atoms with van der Waals surface area (Å²) in [6.07, 6.45) is 3.58. The molecule has 0 bridgehead atoms. The van der Waals surface area contributed by atoms with Crippen LogP contribution < -0.4 is 5.32 Å². The molecule has 80 valence electrons. The van der Waals surface area contributed by atoms with Crippen LogP contribution in [0.2, 0.25) is 0 Å². The van der Waals surface area contributed by atoms with Crippen LogP contribution in [0, 0.1) is 11.8 Å². The first kappa shape index (κ1) is 9.93. The topological polar surface area (TPSA) is 69.6 Å². The van der Waals surface area contributed by atoms with Gasteiger partial charge in [-0.3, -0.25) is 4.79 Å². The molecule has 0 aromatic carbocycles. The van der Waals surface area contributed by atoms with Crippen LogP contribution in [-0.2, 0) is 4.79 Å². The van der Waals surface area contributed by atoms with Crippen molar-refractivity contribution in [2.75, 3.05) is 6.54 Å². The van der Waals surface area contributed by atoms with Gasteiger partial charge in [0.15, 0.2) is 0 Å². The fraction of sp³-hybridized carbons (Fsp3) is 0.900. The van der Waals surface area contributed by atoms with Crippen molar-refractivity contribution in [1.29, 1.82) is 0 Å². The number of rotatable bonds is 5. The predicted octanol–water partition coefficient (Wildman–Crippen LogP) is 0.210. The van der Waals surface area contributed by atoms with Gasteiger partial charge in [0, 0.05) is 0 Å². The summed E-state index contributed by atoms with van der Waals surface area (Å²) in [7, 11) is 0. The zero-order valence-electron chi connectivity index (χ0n) is 8.15. The van der Waals surface area contributed by atoms with Crippen molar-refractivity contribution in [3.63, 3.8) is 0 Å². The fourth-order valence-electron chi connectivity index (χ4n) is 2.05. The maximum absolute atomic E-state index is 10.9. The largest absolute Gasteiger partial charge is 0.480 e. The molecule has 2 aliphatic rings. The molecular formula is C10H17NO3. The molecule has 2 fully saturated rings. The van der Waals surface area contributed by atoms with Gasteiger partial charge in [0.1, 0.15) is 6.04 Å². The van der Waals surface area contributed by atoms with Crippen molar-refractivity contribution >= 4 is 5.97 Å². The highest BCUT2D eigenvalue weighted by Crippen LogP contribution is 2.33. The van der Waals surface area contributed by atoms with Crippen molar-refractivity contribution in [2.24, 2.45) is 11.8 Å². The molecule has 0 heterocycles. The number of aliphatic carboxylic acids is 1. The van der Waals surface area contributed by atoms with Crippen LogP contribution in [-0.4, -0.2) is 34.9 Å². The van der Waals surface area contributed by atoms with Crippen LogP contribution in [0.1, 0.15) is 25.7 Å². The Hall–Kier alpha value is -0.610. The van der Waals surface area contributed by atoms with E-state index in [2.05, 4.69) is 5.32 Å². The summed E-state index contributed by atoms with van der Waals surface area (Å²) in [5.74, 6) is 0.0930. The van der Waals surface area contributed by atoms with Crippen LogP contribution in [0.5, 0.6) is 0 Å². The molecule has 0 aromatic rings. The average Bonchev–Trinajstić information content (AvgIpc) is 2.84. The first-order chi connectivity index (χ1) is 6.66. The second kappa shape index (κ2) is 3.87. The third-order valence-electron chi connectivity index (χ3n) is 3.20. The van der Waals surface area contributed by atoms with E-state index in [1.165, 1.54) is 0 Å². The molecule has 2 rings (SSSR count). The van der Waals surface area contributed by atoms with Crippen LogP contribution in [0.15, 0.2) is 0 Å². The lowest BCUT2D eigenvalue weighted by molar-refractivity contribution is -0.140. The molecule has 1 unspecified atom stereocenters. The van der Waals surface area contributed by atoms with Crippen molar-refractivity contribution in [3.05, 3.63) is 0 Å². The van der Waals surface area contributed by atoms with Gasteiger partial charge in [0.05, 0.1) is 6.10 Å². The van der Waals surface area contributed by atoms with Gasteiger partial charge in [0.25, 0.3) is 0 Å². The number of hydrogen-bond acceptors (Lipinski definition) is 3. The second-order valence-corrected chi connectivity index (χ2v) is 4.55. The number of carboxylic acid groups (broad SMARTS) is 1. The van der Waals surface area contributed by atoms with Gasteiger partial charge in [-0.05, 0) is 44.1 Å². The van der Waals surface area contributed by atoms with E-state index < -0.39 is 5.97 Å². The summed E-state index contributed by atoms with van der Waals surface area (Å²) in [5, 5.41) is 21.1. The number of nitrogens with one attached hydrogen (secondary N) is 1. The standard InChI is InChI=1S/C10H17NO3/c12-8-3-6(4-8)5-11-9(10(13)14)7-1-2-7/h6-9,11-12H,1-5H2,(H,13,14). The summed E-state index contributed by atoms with van der Waals surface area (Å²) in [6.45, 7) is 0.741. The fourth-order valence-corrected chi connectivity index (χ4v) is 2.05. The molecule has 0 radical (unpaired) electrons. The third-order valence-corrected chi connectivity index (χ3v) is 3.20. The number of carboxylic acids is 1. The van der Waals surface area contributed by atoms with Gasteiger partial charge < -0.3 is 15.5 Å². The lowest BCUT2D eigenvalue weighted by Gasteiger charge is -2.32. The highest BCUT2D eigenvalue weighted by molar-refractivity contribution is 5.74. The molecule has 0 aromatic heterocycles.